The van der Waals surface area contributed by atoms with Gasteiger partial charge in [0, 0.05) is 12.7 Å². The molecule has 1 N–H and O–H groups in total. The van der Waals surface area contributed by atoms with Crippen molar-refractivity contribution in [1.82, 2.24) is 20.3 Å². The van der Waals surface area contributed by atoms with Gasteiger partial charge >= 0.3 is 0 Å². The lowest BCUT2D eigenvalue weighted by molar-refractivity contribution is 0.318. The molecule has 0 saturated carbocycles. The lowest BCUT2D eigenvalue weighted by atomic mass is 9.98. The summed E-state index contributed by atoms with van der Waals surface area (Å²) in [5.74, 6) is 1.43. The van der Waals surface area contributed by atoms with Crippen molar-refractivity contribution in [1.29, 1.82) is 0 Å². The Morgan fingerprint density at radius 3 is 2.88 bits per heavy atom. The summed E-state index contributed by atoms with van der Waals surface area (Å²) in [6.07, 6.45) is 5.67. The third-order valence-electron chi connectivity index (χ3n) is 3.11. The van der Waals surface area contributed by atoms with Crippen LogP contribution >= 0.6 is 0 Å². The molecule has 1 aliphatic rings. The number of piperidine rings is 1. The first-order valence-corrected chi connectivity index (χ1v) is 6.34. The van der Waals surface area contributed by atoms with Crippen molar-refractivity contribution in [2.45, 2.75) is 39.7 Å². The standard InChI is InChI=1S/C12H22N4/c1-10(2)7-12-9-16(15-14-12)8-11-3-5-13-6-4-11/h9-11,13H,3-8H2,1-2H3. The summed E-state index contributed by atoms with van der Waals surface area (Å²) < 4.78 is 2.02. The number of rotatable bonds is 4. The Morgan fingerprint density at radius 2 is 2.19 bits per heavy atom. The molecule has 2 rings (SSSR count). The van der Waals surface area contributed by atoms with Crippen molar-refractivity contribution in [3.8, 4) is 0 Å². The molecular formula is C12H22N4. The van der Waals surface area contributed by atoms with E-state index in [1.807, 2.05) is 4.68 Å². The highest BCUT2D eigenvalue weighted by Crippen LogP contribution is 2.14. The van der Waals surface area contributed by atoms with Crippen molar-refractivity contribution in [3.63, 3.8) is 0 Å². The van der Waals surface area contributed by atoms with Crippen LogP contribution in [0.15, 0.2) is 6.20 Å². The molecule has 1 aromatic rings. The van der Waals surface area contributed by atoms with E-state index < -0.39 is 0 Å². The average Bonchev–Trinajstić information content (AvgIpc) is 2.66. The predicted molar refractivity (Wildman–Crippen MR) is 64.2 cm³/mol. The quantitative estimate of drug-likeness (QED) is 0.839. The number of hydrogen-bond acceptors (Lipinski definition) is 3. The molecule has 0 amide bonds. The van der Waals surface area contributed by atoms with Crippen LogP contribution in [-0.2, 0) is 13.0 Å². The Hall–Kier alpha value is -0.900. The van der Waals surface area contributed by atoms with Crippen LogP contribution in [-0.4, -0.2) is 28.1 Å². The van der Waals surface area contributed by atoms with Crippen LogP contribution in [0.25, 0.3) is 0 Å². The minimum absolute atomic E-state index is 0.657. The maximum Gasteiger partial charge on any atom is 0.0829 e. The average molecular weight is 222 g/mol. The Bertz CT molecular complexity index is 313. The van der Waals surface area contributed by atoms with E-state index >= 15 is 0 Å². The Morgan fingerprint density at radius 1 is 1.44 bits per heavy atom. The second kappa shape index (κ2) is 5.43. The van der Waals surface area contributed by atoms with Crippen LogP contribution in [0, 0.1) is 11.8 Å². The van der Waals surface area contributed by atoms with Crippen LogP contribution in [0.4, 0.5) is 0 Å². The van der Waals surface area contributed by atoms with Gasteiger partial charge in [-0.3, -0.25) is 4.68 Å². The summed E-state index contributed by atoms with van der Waals surface area (Å²) in [6.45, 7) is 7.76. The van der Waals surface area contributed by atoms with Gasteiger partial charge in [-0.1, -0.05) is 19.1 Å². The lowest BCUT2D eigenvalue weighted by Crippen LogP contribution is -2.30. The SMILES string of the molecule is CC(C)Cc1cn(CC2CCNCC2)nn1. The summed E-state index contributed by atoms with van der Waals surface area (Å²) in [5.41, 5.74) is 1.13. The smallest absolute Gasteiger partial charge is 0.0829 e. The molecule has 1 fully saturated rings. The summed E-state index contributed by atoms with van der Waals surface area (Å²) in [4.78, 5) is 0. The van der Waals surface area contributed by atoms with E-state index in [4.69, 9.17) is 0 Å². The molecule has 1 aliphatic heterocycles. The first-order valence-electron chi connectivity index (χ1n) is 6.34. The van der Waals surface area contributed by atoms with Crippen LogP contribution in [0.5, 0.6) is 0 Å². The fourth-order valence-corrected chi connectivity index (χ4v) is 2.27. The van der Waals surface area contributed by atoms with E-state index in [0.29, 0.717) is 5.92 Å². The molecule has 0 bridgehead atoms. The van der Waals surface area contributed by atoms with E-state index in [1.165, 1.54) is 12.8 Å². The highest BCUT2D eigenvalue weighted by Gasteiger charge is 2.14. The molecule has 0 atom stereocenters. The second-order valence-corrected chi connectivity index (χ2v) is 5.22. The first-order chi connectivity index (χ1) is 7.74. The molecule has 0 spiro atoms. The maximum atomic E-state index is 4.22. The van der Waals surface area contributed by atoms with Crippen LogP contribution < -0.4 is 5.32 Å². The number of nitrogens with one attached hydrogen (secondary N) is 1. The van der Waals surface area contributed by atoms with Crippen LogP contribution in [0.3, 0.4) is 0 Å². The summed E-state index contributed by atoms with van der Waals surface area (Å²) in [6, 6.07) is 0. The third kappa shape index (κ3) is 3.30. The van der Waals surface area contributed by atoms with Crippen molar-refractivity contribution in [2.24, 2.45) is 11.8 Å². The normalized spacial score (nSPS) is 18.2. The molecule has 0 aliphatic carbocycles. The van der Waals surface area contributed by atoms with Gasteiger partial charge in [-0.15, -0.1) is 5.10 Å². The molecule has 1 aromatic heterocycles. The Balaban J connectivity index is 1.86. The van der Waals surface area contributed by atoms with Crippen molar-refractivity contribution in [3.05, 3.63) is 11.9 Å². The zero-order valence-electron chi connectivity index (χ0n) is 10.3. The molecule has 16 heavy (non-hydrogen) atoms. The third-order valence-corrected chi connectivity index (χ3v) is 3.11. The number of hydrogen-bond donors (Lipinski definition) is 1. The van der Waals surface area contributed by atoms with E-state index in [0.717, 1.165) is 37.7 Å². The summed E-state index contributed by atoms with van der Waals surface area (Å²) in [5, 5.41) is 11.8. The Kier molecular flexibility index (Phi) is 3.93. The van der Waals surface area contributed by atoms with Gasteiger partial charge in [-0.2, -0.15) is 0 Å². The topological polar surface area (TPSA) is 42.7 Å². The molecule has 2 heterocycles. The number of nitrogens with zero attached hydrogens (tertiary/aromatic N) is 3. The van der Waals surface area contributed by atoms with Crippen LogP contribution in [0.2, 0.25) is 0 Å². The highest BCUT2D eigenvalue weighted by atomic mass is 15.4. The van der Waals surface area contributed by atoms with Gasteiger partial charge in [0.05, 0.1) is 5.69 Å². The zero-order chi connectivity index (χ0) is 11.4. The number of aromatic nitrogens is 3. The summed E-state index contributed by atoms with van der Waals surface area (Å²) in [7, 11) is 0. The molecule has 4 heteroatoms. The second-order valence-electron chi connectivity index (χ2n) is 5.22. The van der Waals surface area contributed by atoms with Crippen molar-refractivity contribution in [2.75, 3.05) is 13.1 Å². The lowest BCUT2D eigenvalue weighted by Gasteiger charge is -2.21. The minimum atomic E-state index is 0.657. The van der Waals surface area contributed by atoms with E-state index in [-0.39, 0.29) is 0 Å². The van der Waals surface area contributed by atoms with Gasteiger partial charge in [-0.05, 0) is 44.2 Å². The molecule has 4 nitrogen and oxygen atoms in total. The maximum absolute atomic E-state index is 4.22. The van der Waals surface area contributed by atoms with E-state index in [9.17, 15) is 0 Å². The molecule has 1 saturated heterocycles. The predicted octanol–water partition coefficient (Wildman–Crippen LogP) is 1.48. The molecule has 0 unspecified atom stereocenters. The monoisotopic (exact) mass is 222 g/mol. The van der Waals surface area contributed by atoms with Gasteiger partial charge in [0.2, 0.25) is 0 Å². The van der Waals surface area contributed by atoms with Gasteiger partial charge in [0.15, 0.2) is 0 Å². The highest BCUT2D eigenvalue weighted by molar-refractivity contribution is 4.93. The van der Waals surface area contributed by atoms with E-state index in [2.05, 4.69) is 35.7 Å². The van der Waals surface area contributed by atoms with Gasteiger partial charge < -0.3 is 5.32 Å². The Labute approximate surface area is 97.4 Å². The fraction of sp³-hybridized carbons (Fsp3) is 0.833. The van der Waals surface area contributed by atoms with Crippen molar-refractivity contribution < 1.29 is 0 Å². The zero-order valence-corrected chi connectivity index (χ0v) is 10.3. The largest absolute Gasteiger partial charge is 0.317 e. The first kappa shape index (κ1) is 11.6. The van der Waals surface area contributed by atoms with Gasteiger partial charge in [0.1, 0.15) is 0 Å². The fourth-order valence-electron chi connectivity index (χ4n) is 2.27. The van der Waals surface area contributed by atoms with Gasteiger partial charge in [0.25, 0.3) is 0 Å². The molecule has 0 aromatic carbocycles. The summed E-state index contributed by atoms with van der Waals surface area (Å²) >= 11 is 0. The molecule has 0 radical (unpaired) electrons. The van der Waals surface area contributed by atoms with Crippen LogP contribution in [0.1, 0.15) is 32.4 Å². The van der Waals surface area contributed by atoms with Crippen molar-refractivity contribution >= 4 is 0 Å². The molecule has 90 valence electrons. The van der Waals surface area contributed by atoms with E-state index in [1.54, 1.807) is 0 Å². The van der Waals surface area contributed by atoms with Gasteiger partial charge in [-0.25, -0.2) is 0 Å². The molecular weight excluding hydrogens is 200 g/mol. The minimum Gasteiger partial charge on any atom is -0.317 e.